The van der Waals surface area contributed by atoms with Crippen LogP contribution in [-0.4, -0.2) is 44.8 Å². The predicted molar refractivity (Wildman–Crippen MR) is 79.9 cm³/mol. The Morgan fingerprint density at radius 2 is 1.96 bits per heavy atom. The van der Waals surface area contributed by atoms with Crippen LogP contribution in [0.3, 0.4) is 0 Å². The minimum atomic E-state index is -1.26. The van der Waals surface area contributed by atoms with Gasteiger partial charge in [0.05, 0.1) is 23.0 Å². The lowest BCUT2D eigenvalue weighted by atomic mass is 10.3. The Balaban J connectivity index is 0.000000284. The molecule has 2 heterocycles. The van der Waals surface area contributed by atoms with Crippen LogP contribution in [0.15, 0.2) is 30.6 Å². The monoisotopic (exact) mass is 324 g/mol. The maximum Gasteiger partial charge on any atom is 0.328 e. The number of hydrogen-bond donors (Lipinski definition) is 3. The standard InChI is InChI=1S/C9H12N4O2.C4H4O4/c10-9-2-1-3-12(9)7-4-8(13(14)15)6-11-5-7;5-3(6)1-2-4(7)8/h4-6,9H,1-3,10H2;1-2H,(H,5,6)(H,7,8)/b;2-1+. The van der Waals surface area contributed by atoms with Crippen molar-refractivity contribution < 1.29 is 24.7 Å². The number of nitro groups is 1. The van der Waals surface area contributed by atoms with Crippen LogP contribution in [0.2, 0.25) is 0 Å². The van der Waals surface area contributed by atoms with E-state index in [-0.39, 0.29) is 11.9 Å². The van der Waals surface area contributed by atoms with Crippen molar-refractivity contribution in [2.75, 3.05) is 11.4 Å². The average Bonchev–Trinajstić information content (AvgIpc) is 2.92. The molecule has 0 saturated carbocycles. The summed E-state index contributed by atoms with van der Waals surface area (Å²) in [6, 6.07) is 1.51. The fourth-order valence-electron chi connectivity index (χ4n) is 1.93. The Morgan fingerprint density at radius 1 is 1.35 bits per heavy atom. The highest BCUT2D eigenvalue weighted by atomic mass is 16.6. The molecule has 0 aromatic carbocycles. The largest absolute Gasteiger partial charge is 0.478 e. The molecule has 1 unspecified atom stereocenters. The number of pyridine rings is 1. The Labute approximate surface area is 131 Å². The Hall–Kier alpha value is -3.01. The van der Waals surface area contributed by atoms with Crippen molar-refractivity contribution in [3.05, 3.63) is 40.7 Å². The van der Waals surface area contributed by atoms with Crippen molar-refractivity contribution in [1.82, 2.24) is 4.98 Å². The van der Waals surface area contributed by atoms with Crippen LogP contribution >= 0.6 is 0 Å². The Morgan fingerprint density at radius 3 is 2.39 bits per heavy atom. The highest BCUT2D eigenvalue weighted by molar-refractivity contribution is 5.89. The molecule has 1 aromatic rings. The minimum Gasteiger partial charge on any atom is -0.478 e. The molecule has 1 aliphatic heterocycles. The molecular formula is C13H16N4O6. The van der Waals surface area contributed by atoms with Crippen LogP contribution < -0.4 is 10.6 Å². The zero-order valence-electron chi connectivity index (χ0n) is 12.0. The third-order valence-corrected chi connectivity index (χ3v) is 2.92. The van der Waals surface area contributed by atoms with Gasteiger partial charge in [0.2, 0.25) is 0 Å². The molecule has 10 heteroatoms. The number of anilines is 1. The first-order valence-corrected chi connectivity index (χ1v) is 6.57. The zero-order chi connectivity index (χ0) is 17.4. The van der Waals surface area contributed by atoms with E-state index in [9.17, 15) is 19.7 Å². The zero-order valence-corrected chi connectivity index (χ0v) is 12.0. The van der Waals surface area contributed by atoms with Crippen molar-refractivity contribution in [3.8, 4) is 0 Å². The Kier molecular flexibility index (Phi) is 6.62. The molecule has 0 radical (unpaired) electrons. The summed E-state index contributed by atoms with van der Waals surface area (Å²) in [6.45, 7) is 0.837. The van der Waals surface area contributed by atoms with Gasteiger partial charge in [-0.05, 0) is 12.8 Å². The van der Waals surface area contributed by atoms with E-state index in [1.165, 1.54) is 12.3 Å². The number of carboxylic acid groups (broad SMARTS) is 2. The summed E-state index contributed by atoms with van der Waals surface area (Å²) < 4.78 is 0. The van der Waals surface area contributed by atoms with Gasteiger partial charge in [-0.15, -0.1) is 0 Å². The lowest BCUT2D eigenvalue weighted by Gasteiger charge is -2.22. The molecule has 0 spiro atoms. The van der Waals surface area contributed by atoms with E-state index in [4.69, 9.17) is 15.9 Å². The number of nitrogens with zero attached hydrogens (tertiary/aromatic N) is 3. The highest BCUT2D eigenvalue weighted by Crippen LogP contribution is 2.25. The smallest absolute Gasteiger partial charge is 0.328 e. The van der Waals surface area contributed by atoms with Crippen molar-refractivity contribution in [2.45, 2.75) is 19.0 Å². The van der Waals surface area contributed by atoms with E-state index in [0.29, 0.717) is 12.2 Å². The van der Waals surface area contributed by atoms with E-state index in [2.05, 4.69) is 4.98 Å². The first-order valence-electron chi connectivity index (χ1n) is 6.57. The van der Waals surface area contributed by atoms with Gasteiger partial charge in [-0.25, -0.2) is 9.59 Å². The summed E-state index contributed by atoms with van der Waals surface area (Å²) in [4.78, 5) is 35.0. The first kappa shape index (κ1) is 18.0. The Bertz CT molecular complexity index is 602. The number of nitrogens with two attached hydrogens (primary N) is 1. The molecule has 0 amide bonds. The molecule has 23 heavy (non-hydrogen) atoms. The second kappa shape index (κ2) is 8.44. The molecule has 1 aromatic heterocycles. The molecule has 4 N–H and O–H groups in total. The molecule has 0 bridgehead atoms. The molecule has 1 saturated heterocycles. The second-order valence-corrected chi connectivity index (χ2v) is 4.57. The van der Waals surface area contributed by atoms with Gasteiger partial charge in [0.15, 0.2) is 0 Å². The molecule has 1 fully saturated rings. The summed E-state index contributed by atoms with van der Waals surface area (Å²) in [5.74, 6) is -2.51. The highest BCUT2D eigenvalue weighted by Gasteiger charge is 2.22. The number of hydrogen-bond acceptors (Lipinski definition) is 7. The number of aliphatic carboxylic acids is 2. The molecule has 10 nitrogen and oxygen atoms in total. The van der Waals surface area contributed by atoms with Crippen LogP contribution in [0.4, 0.5) is 11.4 Å². The number of carboxylic acids is 2. The summed E-state index contributed by atoms with van der Waals surface area (Å²) >= 11 is 0. The SMILES string of the molecule is NC1CCCN1c1cncc([N+](=O)[O-])c1.O=C(O)/C=C/C(=O)O. The van der Waals surface area contributed by atoms with Gasteiger partial charge in [-0.2, -0.15) is 0 Å². The van der Waals surface area contributed by atoms with Gasteiger partial charge < -0.3 is 20.8 Å². The lowest BCUT2D eigenvalue weighted by molar-refractivity contribution is -0.385. The minimum absolute atomic E-state index is 0.00611. The third-order valence-electron chi connectivity index (χ3n) is 2.92. The van der Waals surface area contributed by atoms with E-state index in [0.717, 1.165) is 25.1 Å². The normalized spacial score (nSPS) is 16.7. The molecular weight excluding hydrogens is 308 g/mol. The van der Waals surface area contributed by atoms with Crippen LogP contribution in [0.5, 0.6) is 0 Å². The van der Waals surface area contributed by atoms with Crippen LogP contribution in [0, 0.1) is 10.1 Å². The van der Waals surface area contributed by atoms with Crippen LogP contribution in [-0.2, 0) is 9.59 Å². The number of aromatic nitrogens is 1. The summed E-state index contributed by atoms with van der Waals surface area (Å²) in [7, 11) is 0. The number of carbonyl (C=O) groups is 2. The van der Waals surface area contributed by atoms with Crippen molar-refractivity contribution >= 4 is 23.3 Å². The lowest BCUT2D eigenvalue weighted by Crippen LogP contribution is -2.36. The molecule has 1 atom stereocenters. The van der Waals surface area contributed by atoms with Crippen molar-refractivity contribution in [2.24, 2.45) is 5.73 Å². The summed E-state index contributed by atoms with van der Waals surface area (Å²) in [5, 5.41) is 26.2. The van der Waals surface area contributed by atoms with Gasteiger partial charge in [0.1, 0.15) is 6.20 Å². The van der Waals surface area contributed by atoms with Gasteiger partial charge in [-0.1, -0.05) is 0 Å². The van der Waals surface area contributed by atoms with E-state index in [1.807, 2.05) is 4.90 Å². The fraction of sp³-hybridized carbons (Fsp3) is 0.308. The summed E-state index contributed by atoms with van der Waals surface area (Å²) in [6.07, 6.45) is 5.86. The second-order valence-electron chi connectivity index (χ2n) is 4.57. The maximum atomic E-state index is 10.6. The van der Waals surface area contributed by atoms with E-state index < -0.39 is 16.9 Å². The molecule has 0 aliphatic carbocycles. The molecule has 1 aliphatic rings. The van der Waals surface area contributed by atoms with Gasteiger partial charge in [-0.3, -0.25) is 15.1 Å². The molecule has 2 rings (SSSR count). The van der Waals surface area contributed by atoms with Gasteiger partial charge in [0, 0.05) is 24.8 Å². The maximum absolute atomic E-state index is 10.6. The van der Waals surface area contributed by atoms with E-state index >= 15 is 0 Å². The van der Waals surface area contributed by atoms with Gasteiger partial charge >= 0.3 is 11.9 Å². The van der Waals surface area contributed by atoms with E-state index in [1.54, 1.807) is 6.20 Å². The quantitative estimate of drug-likeness (QED) is 0.409. The average molecular weight is 324 g/mol. The summed E-state index contributed by atoms with van der Waals surface area (Å²) in [5.41, 5.74) is 6.60. The van der Waals surface area contributed by atoms with Gasteiger partial charge in [0.25, 0.3) is 5.69 Å². The van der Waals surface area contributed by atoms with Crippen LogP contribution in [0.25, 0.3) is 0 Å². The van der Waals surface area contributed by atoms with Crippen molar-refractivity contribution in [3.63, 3.8) is 0 Å². The van der Waals surface area contributed by atoms with Crippen molar-refractivity contribution in [1.29, 1.82) is 0 Å². The number of rotatable bonds is 4. The third kappa shape index (κ3) is 6.09. The topological polar surface area (TPSA) is 160 Å². The van der Waals surface area contributed by atoms with Crippen LogP contribution in [0.1, 0.15) is 12.8 Å². The fourth-order valence-corrected chi connectivity index (χ4v) is 1.93. The molecule has 124 valence electrons. The predicted octanol–water partition coefficient (Wildman–Crippen LogP) is 0.587. The first-order chi connectivity index (χ1) is 10.8.